The summed E-state index contributed by atoms with van der Waals surface area (Å²) in [6, 6.07) is 0. The zero-order valence-electron chi connectivity index (χ0n) is 16.6. The summed E-state index contributed by atoms with van der Waals surface area (Å²) >= 11 is 0. The van der Waals surface area contributed by atoms with Gasteiger partial charge in [-0.3, -0.25) is 4.79 Å². The molecule has 2 heteroatoms. The van der Waals surface area contributed by atoms with Gasteiger partial charge in [-0.2, -0.15) is 0 Å². The van der Waals surface area contributed by atoms with Gasteiger partial charge in [-0.15, -0.1) is 0 Å². The van der Waals surface area contributed by atoms with E-state index in [2.05, 4.69) is 46.8 Å². The second-order valence-electron chi connectivity index (χ2n) is 8.01. The molecule has 0 aliphatic heterocycles. The zero-order valence-corrected chi connectivity index (χ0v) is 16.6. The molecule has 0 radical (unpaired) electrons. The highest BCUT2D eigenvalue weighted by atomic mass is 16.5. The summed E-state index contributed by atoms with van der Waals surface area (Å²) in [6.45, 7) is 13.3. The fourth-order valence-corrected chi connectivity index (χ4v) is 3.65. The molecule has 0 heterocycles. The standard InChI is InChI=1S/C22H36O2/c1-17(9-7-10-18(2)14-16-24-20(4)23)12-13-21-19(3)11-8-15-22(21,5)6/h9,11,14,21H,7-8,10,12-13,15-16H2,1-6H3/b17-9+,18-14+/t21-/m1/s1. The van der Waals surface area contributed by atoms with E-state index in [0.29, 0.717) is 12.0 Å². The lowest BCUT2D eigenvalue weighted by atomic mass is 9.67. The minimum atomic E-state index is -0.218. The largest absolute Gasteiger partial charge is 0.462 e. The number of carbonyl (C=O) groups is 1. The minimum Gasteiger partial charge on any atom is -0.462 e. The summed E-state index contributed by atoms with van der Waals surface area (Å²) in [5.41, 5.74) is 4.81. The first-order valence-electron chi connectivity index (χ1n) is 9.33. The molecule has 0 fully saturated rings. The third-order valence-corrected chi connectivity index (χ3v) is 5.33. The first-order chi connectivity index (χ1) is 11.2. The molecule has 0 aromatic carbocycles. The Bertz CT molecular complexity index is 506. The molecular weight excluding hydrogens is 296 g/mol. The Morgan fingerprint density at radius 1 is 1.21 bits per heavy atom. The fourth-order valence-electron chi connectivity index (χ4n) is 3.65. The van der Waals surface area contributed by atoms with E-state index < -0.39 is 0 Å². The van der Waals surface area contributed by atoms with Crippen LogP contribution in [0.5, 0.6) is 0 Å². The van der Waals surface area contributed by atoms with Crippen LogP contribution in [0.15, 0.2) is 34.9 Å². The predicted molar refractivity (Wildman–Crippen MR) is 103 cm³/mol. The Morgan fingerprint density at radius 3 is 2.50 bits per heavy atom. The van der Waals surface area contributed by atoms with Gasteiger partial charge < -0.3 is 4.74 Å². The lowest BCUT2D eigenvalue weighted by Gasteiger charge is -2.38. The van der Waals surface area contributed by atoms with Crippen molar-refractivity contribution in [2.75, 3.05) is 6.61 Å². The fraction of sp³-hybridized carbons (Fsp3) is 0.682. The van der Waals surface area contributed by atoms with Crippen LogP contribution >= 0.6 is 0 Å². The van der Waals surface area contributed by atoms with Gasteiger partial charge >= 0.3 is 5.97 Å². The average molecular weight is 333 g/mol. The molecule has 1 rings (SSSR count). The van der Waals surface area contributed by atoms with Crippen LogP contribution in [0.1, 0.15) is 80.1 Å². The van der Waals surface area contributed by atoms with Crippen molar-refractivity contribution in [1.82, 2.24) is 0 Å². The molecule has 0 unspecified atom stereocenters. The van der Waals surface area contributed by atoms with E-state index in [-0.39, 0.29) is 5.97 Å². The molecule has 0 aromatic heterocycles. The quantitative estimate of drug-likeness (QED) is 0.380. The van der Waals surface area contributed by atoms with Crippen LogP contribution < -0.4 is 0 Å². The minimum absolute atomic E-state index is 0.218. The van der Waals surface area contributed by atoms with E-state index in [4.69, 9.17) is 4.74 Å². The van der Waals surface area contributed by atoms with Gasteiger partial charge in [0.2, 0.25) is 0 Å². The van der Waals surface area contributed by atoms with Gasteiger partial charge in [0.25, 0.3) is 0 Å². The van der Waals surface area contributed by atoms with Crippen molar-refractivity contribution in [3.05, 3.63) is 34.9 Å². The smallest absolute Gasteiger partial charge is 0.302 e. The molecular formula is C22H36O2. The average Bonchev–Trinajstić information content (AvgIpc) is 2.45. The monoisotopic (exact) mass is 332 g/mol. The molecule has 0 amide bonds. The molecule has 1 aliphatic carbocycles. The maximum atomic E-state index is 10.7. The predicted octanol–water partition coefficient (Wildman–Crippen LogP) is 6.39. The van der Waals surface area contributed by atoms with E-state index in [9.17, 15) is 4.79 Å². The zero-order chi connectivity index (χ0) is 18.2. The molecule has 2 nitrogen and oxygen atoms in total. The number of hydrogen-bond acceptors (Lipinski definition) is 2. The van der Waals surface area contributed by atoms with E-state index in [1.54, 1.807) is 5.57 Å². The van der Waals surface area contributed by atoms with Crippen molar-refractivity contribution in [1.29, 1.82) is 0 Å². The Kier molecular flexibility index (Phi) is 8.52. The normalized spacial score (nSPS) is 21.4. The number of ether oxygens (including phenoxy) is 1. The number of esters is 1. The Hall–Kier alpha value is -1.31. The first-order valence-corrected chi connectivity index (χ1v) is 9.33. The van der Waals surface area contributed by atoms with Crippen molar-refractivity contribution >= 4 is 5.97 Å². The molecule has 0 N–H and O–H groups in total. The summed E-state index contributed by atoms with van der Waals surface area (Å²) in [6.07, 6.45) is 13.9. The lowest BCUT2D eigenvalue weighted by molar-refractivity contribution is -0.139. The van der Waals surface area contributed by atoms with E-state index in [1.807, 2.05) is 6.08 Å². The number of allylic oxidation sites excluding steroid dienone is 5. The maximum absolute atomic E-state index is 10.7. The topological polar surface area (TPSA) is 26.3 Å². The second kappa shape index (κ2) is 9.86. The van der Waals surface area contributed by atoms with Crippen molar-refractivity contribution in [2.45, 2.75) is 80.1 Å². The van der Waals surface area contributed by atoms with Crippen LogP contribution in [-0.2, 0) is 9.53 Å². The van der Waals surface area contributed by atoms with Crippen LogP contribution in [0.3, 0.4) is 0 Å². The van der Waals surface area contributed by atoms with Gasteiger partial charge in [-0.05, 0) is 76.7 Å². The Balaban J connectivity index is 2.38. The SMILES string of the molecule is CC(=O)OC/C=C(\C)CC/C=C(\C)CC[C@@H]1C(C)=CCCC1(C)C. The van der Waals surface area contributed by atoms with E-state index in [0.717, 1.165) is 18.8 Å². The lowest BCUT2D eigenvalue weighted by Crippen LogP contribution is -2.27. The summed E-state index contributed by atoms with van der Waals surface area (Å²) in [5, 5.41) is 0. The molecule has 136 valence electrons. The molecule has 0 saturated carbocycles. The van der Waals surface area contributed by atoms with Crippen molar-refractivity contribution in [2.24, 2.45) is 11.3 Å². The molecule has 1 atom stereocenters. The van der Waals surface area contributed by atoms with Gasteiger partial charge in [0.15, 0.2) is 0 Å². The van der Waals surface area contributed by atoms with Crippen LogP contribution in [0, 0.1) is 11.3 Å². The second-order valence-corrected chi connectivity index (χ2v) is 8.01. The van der Waals surface area contributed by atoms with Gasteiger partial charge in [-0.25, -0.2) is 0 Å². The summed E-state index contributed by atoms with van der Waals surface area (Å²) in [4.78, 5) is 10.7. The molecule has 0 spiro atoms. The van der Waals surface area contributed by atoms with Crippen molar-refractivity contribution in [3.63, 3.8) is 0 Å². The third kappa shape index (κ3) is 7.51. The maximum Gasteiger partial charge on any atom is 0.302 e. The van der Waals surface area contributed by atoms with Crippen LogP contribution in [0.25, 0.3) is 0 Å². The van der Waals surface area contributed by atoms with Crippen molar-refractivity contribution < 1.29 is 9.53 Å². The first kappa shape index (κ1) is 20.7. The highest BCUT2D eigenvalue weighted by Crippen LogP contribution is 2.43. The highest BCUT2D eigenvalue weighted by Gasteiger charge is 2.32. The number of hydrogen-bond donors (Lipinski definition) is 0. The van der Waals surface area contributed by atoms with Crippen molar-refractivity contribution in [3.8, 4) is 0 Å². The highest BCUT2D eigenvalue weighted by molar-refractivity contribution is 5.66. The summed E-state index contributed by atoms with van der Waals surface area (Å²) < 4.78 is 4.94. The summed E-state index contributed by atoms with van der Waals surface area (Å²) in [7, 11) is 0. The van der Waals surface area contributed by atoms with Crippen LogP contribution in [-0.4, -0.2) is 12.6 Å². The molecule has 24 heavy (non-hydrogen) atoms. The van der Waals surface area contributed by atoms with Gasteiger partial charge in [0, 0.05) is 6.92 Å². The molecule has 1 aliphatic rings. The van der Waals surface area contributed by atoms with Gasteiger partial charge in [0.1, 0.15) is 6.61 Å². The number of rotatable bonds is 8. The van der Waals surface area contributed by atoms with E-state index in [1.165, 1.54) is 43.8 Å². The molecule has 0 aromatic rings. The van der Waals surface area contributed by atoms with E-state index >= 15 is 0 Å². The van der Waals surface area contributed by atoms with Crippen LogP contribution in [0.4, 0.5) is 0 Å². The summed E-state index contributed by atoms with van der Waals surface area (Å²) in [5.74, 6) is 0.504. The number of carbonyl (C=O) groups excluding carboxylic acids is 1. The van der Waals surface area contributed by atoms with Gasteiger partial charge in [0.05, 0.1) is 0 Å². The third-order valence-electron chi connectivity index (χ3n) is 5.33. The van der Waals surface area contributed by atoms with Crippen LogP contribution in [0.2, 0.25) is 0 Å². The van der Waals surface area contributed by atoms with Gasteiger partial charge in [-0.1, -0.05) is 42.7 Å². The molecule has 0 bridgehead atoms. The Morgan fingerprint density at radius 2 is 1.88 bits per heavy atom. The Labute approximate surface area is 149 Å². The molecule has 0 saturated heterocycles.